The molecule has 0 aromatic rings. The maximum atomic E-state index is 10.7. The van der Waals surface area contributed by atoms with E-state index in [-0.39, 0.29) is 16.5 Å². The molecule has 0 aromatic carbocycles. The van der Waals surface area contributed by atoms with Crippen LogP contribution in [0.3, 0.4) is 0 Å². The van der Waals surface area contributed by atoms with Crippen molar-refractivity contribution in [3.63, 3.8) is 0 Å². The number of carbonyl (C=O) groups excluding carboxylic acids is 1. The van der Waals surface area contributed by atoms with Gasteiger partial charge in [0.2, 0.25) is 0 Å². The minimum absolute atomic E-state index is 0.0895. The van der Waals surface area contributed by atoms with Gasteiger partial charge in [-0.05, 0) is 13.8 Å². The molecule has 0 fully saturated rings. The van der Waals surface area contributed by atoms with E-state index in [1.807, 2.05) is 22.6 Å². The van der Waals surface area contributed by atoms with Crippen molar-refractivity contribution in [2.75, 3.05) is 6.61 Å². The highest BCUT2D eigenvalue weighted by molar-refractivity contribution is 14.1. The lowest BCUT2D eigenvalue weighted by atomic mass is 10.4. The summed E-state index contributed by atoms with van der Waals surface area (Å²) < 4.78 is 4.53. The Labute approximate surface area is 73.9 Å². The van der Waals surface area contributed by atoms with Crippen molar-refractivity contribution in [2.24, 2.45) is 0 Å². The molecule has 0 aliphatic heterocycles. The first-order chi connectivity index (χ1) is 4.54. The van der Waals surface area contributed by atoms with Crippen LogP contribution in [-0.2, 0) is 9.53 Å². The summed E-state index contributed by atoms with van der Waals surface area (Å²) in [5.74, 6) is -0.276. The SMILES string of the molecule is CC(O)COC(=O)C(C)I. The molecule has 0 amide bonds. The summed E-state index contributed by atoms with van der Waals surface area (Å²) in [5, 5.41) is 8.70. The van der Waals surface area contributed by atoms with Gasteiger partial charge in [0.25, 0.3) is 0 Å². The van der Waals surface area contributed by atoms with Crippen molar-refractivity contribution >= 4 is 28.6 Å². The number of halogens is 1. The molecule has 10 heavy (non-hydrogen) atoms. The van der Waals surface area contributed by atoms with E-state index in [1.54, 1.807) is 13.8 Å². The maximum Gasteiger partial charge on any atom is 0.318 e. The molecule has 4 heteroatoms. The first-order valence-electron chi connectivity index (χ1n) is 3.02. The van der Waals surface area contributed by atoms with E-state index in [0.29, 0.717) is 0 Å². The molecular weight excluding hydrogens is 247 g/mol. The minimum Gasteiger partial charge on any atom is -0.462 e. The molecular formula is C6H11IO3. The maximum absolute atomic E-state index is 10.7. The second-order valence-electron chi connectivity index (χ2n) is 2.10. The zero-order valence-corrected chi connectivity index (χ0v) is 8.16. The molecule has 0 bridgehead atoms. The molecule has 1 N–H and O–H groups in total. The van der Waals surface area contributed by atoms with E-state index in [2.05, 4.69) is 4.74 Å². The summed E-state index contributed by atoms with van der Waals surface area (Å²) >= 11 is 1.96. The molecule has 0 rings (SSSR count). The summed E-state index contributed by atoms with van der Waals surface area (Å²) in [5.41, 5.74) is 0. The molecule has 0 spiro atoms. The van der Waals surface area contributed by atoms with E-state index in [9.17, 15) is 4.79 Å². The van der Waals surface area contributed by atoms with Gasteiger partial charge in [-0.15, -0.1) is 0 Å². The van der Waals surface area contributed by atoms with Crippen LogP contribution in [0.25, 0.3) is 0 Å². The number of hydrogen-bond donors (Lipinski definition) is 1. The Morgan fingerprint density at radius 3 is 2.50 bits per heavy atom. The van der Waals surface area contributed by atoms with Crippen LogP contribution in [0.5, 0.6) is 0 Å². The van der Waals surface area contributed by atoms with Crippen LogP contribution >= 0.6 is 22.6 Å². The number of esters is 1. The highest BCUT2D eigenvalue weighted by Gasteiger charge is 2.10. The lowest BCUT2D eigenvalue weighted by Gasteiger charge is -2.06. The molecule has 0 aliphatic carbocycles. The Hall–Kier alpha value is 0.160. The van der Waals surface area contributed by atoms with Gasteiger partial charge in [0, 0.05) is 0 Å². The summed E-state index contributed by atoms with van der Waals surface area (Å²) in [6, 6.07) is 0. The number of aliphatic hydroxyl groups excluding tert-OH is 1. The first kappa shape index (κ1) is 10.2. The van der Waals surface area contributed by atoms with Gasteiger partial charge in [0.1, 0.15) is 10.5 Å². The summed E-state index contributed by atoms with van der Waals surface area (Å²) in [6.07, 6.45) is -0.570. The average molecular weight is 258 g/mol. The highest BCUT2D eigenvalue weighted by Crippen LogP contribution is 2.00. The Balaban J connectivity index is 3.40. The Kier molecular flexibility index (Phi) is 4.98. The molecule has 2 atom stereocenters. The number of alkyl halides is 1. The second-order valence-corrected chi connectivity index (χ2v) is 3.96. The number of hydrogen-bond acceptors (Lipinski definition) is 3. The van der Waals surface area contributed by atoms with Crippen LogP contribution in [0.4, 0.5) is 0 Å². The molecule has 0 aliphatic rings. The second kappa shape index (κ2) is 4.90. The molecule has 2 unspecified atom stereocenters. The summed E-state index contributed by atoms with van der Waals surface area (Å²) in [4.78, 5) is 10.7. The van der Waals surface area contributed by atoms with Crippen LogP contribution in [0.1, 0.15) is 13.8 Å². The van der Waals surface area contributed by atoms with E-state index in [4.69, 9.17) is 5.11 Å². The topological polar surface area (TPSA) is 46.5 Å². The smallest absolute Gasteiger partial charge is 0.318 e. The molecule has 0 saturated carbocycles. The first-order valence-corrected chi connectivity index (χ1v) is 4.27. The zero-order chi connectivity index (χ0) is 8.15. The predicted octanol–water partition coefficient (Wildman–Crippen LogP) is 0.734. The van der Waals surface area contributed by atoms with Crippen LogP contribution in [0.15, 0.2) is 0 Å². The fraction of sp³-hybridized carbons (Fsp3) is 0.833. The number of carbonyl (C=O) groups is 1. The van der Waals surface area contributed by atoms with E-state index < -0.39 is 6.10 Å². The van der Waals surface area contributed by atoms with E-state index in [0.717, 1.165) is 0 Å². The van der Waals surface area contributed by atoms with Crippen molar-refractivity contribution in [1.82, 2.24) is 0 Å². The number of aliphatic hydroxyl groups is 1. The fourth-order valence-electron chi connectivity index (χ4n) is 0.318. The zero-order valence-electron chi connectivity index (χ0n) is 6.00. The fourth-order valence-corrected chi connectivity index (χ4v) is 0.497. The van der Waals surface area contributed by atoms with Crippen molar-refractivity contribution in [3.05, 3.63) is 0 Å². The van der Waals surface area contributed by atoms with Gasteiger partial charge in [0.05, 0.1) is 6.10 Å². The van der Waals surface area contributed by atoms with Gasteiger partial charge >= 0.3 is 5.97 Å². The van der Waals surface area contributed by atoms with E-state index >= 15 is 0 Å². The molecule has 3 nitrogen and oxygen atoms in total. The van der Waals surface area contributed by atoms with Crippen LogP contribution in [0.2, 0.25) is 0 Å². The van der Waals surface area contributed by atoms with Crippen LogP contribution < -0.4 is 0 Å². The van der Waals surface area contributed by atoms with Crippen molar-refractivity contribution in [1.29, 1.82) is 0 Å². The monoisotopic (exact) mass is 258 g/mol. The Morgan fingerprint density at radius 2 is 2.20 bits per heavy atom. The van der Waals surface area contributed by atoms with Gasteiger partial charge in [-0.3, -0.25) is 4.79 Å². The largest absolute Gasteiger partial charge is 0.462 e. The molecule has 0 saturated heterocycles. The van der Waals surface area contributed by atoms with Gasteiger partial charge in [-0.1, -0.05) is 22.6 Å². The molecule has 0 aromatic heterocycles. The van der Waals surface area contributed by atoms with Gasteiger partial charge in [-0.25, -0.2) is 0 Å². The Morgan fingerprint density at radius 1 is 1.70 bits per heavy atom. The third kappa shape index (κ3) is 4.99. The average Bonchev–Trinajstić information content (AvgIpc) is 1.82. The minimum atomic E-state index is -0.570. The third-order valence-electron chi connectivity index (χ3n) is 0.792. The molecule has 0 radical (unpaired) electrons. The van der Waals surface area contributed by atoms with Crippen LogP contribution in [-0.4, -0.2) is 27.7 Å². The lowest BCUT2D eigenvalue weighted by Crippen LogP contribution is -2.19. The van der Waals surface area contributed by atoms with Gasteiger partial charge in [-0.2, -0.15) is 0 Å². The Bertz CT molecular complexity index is 112. The summed E-state index contributed by atoms with van der Waals surface area (Å²) in [7, 11) is 0. The summed E-state index contributed by atoms with van der Waals surface area (Å²) in [6.45, 7) is 3.41. The quantitative estimate of drug-likeness (QED) is 0.461. The normalized spacial score (nSPS) is 16.0. The lowest BCUT2D eigenvalue weighted by molar-refractivity contribution is -0.144. The standard InChI is InChI=1S/C6H11IO3/c1-4(8)3-10-6(9)5(2)7/h4-5,8H,3H2,1-2H3. The van der Waals surface area contributed by atoms with Crippen LogP contribution in [0, 0.1) is 0 Å². The van der Waals surface area contributed by atoms with Gasteiger partial charge < -0.3 is 9.84 Å². The number of ether oxygens (including phenoxy) is 1. The van der Waals surface area contributed by atoms with E-state index in [1.165, 1.54) is 0 Å². The molecule has 60 valence electrons. The third-order valence-corrected chi connectivity index (χ3v) is 1.30. The van der Waals surface area contributed by atoms with Crippen molar-refractivity contribution < 1.29 is 14.6 Å². The van der Waals surface area contributed by atoms with Gasteiger partial charge in [0.15, 0.2) is 0 Å². The van der Waals surface area contributed by atoms with Crippen molar-refractivity contribution in [2.45, 2.75) is 23.9 Å². The predicted molar refractivity (Wildman–Crippen MR) is 46.1 cm³/mol. The number of rotatable bonds is 3. The molecule has 0 heterocycles. The van der Waals surface area contributed by atoms with Crippen molar-refractivity contribution in [3.8, 4) is 0 Å². The highest BCUT2D eigenvalue weighted by atomic mass is 127.